The van der Waals surface area contributed by atoms with E-state index in [2.05, 4.69) is 21.0 Å². The van der Waals surface area contributed by atoms with Crippen molar-refractivity contribution in [3.8, 4) is 11.1 Å². The number of nitrogens with zero attached hydrogens (tertiary/aromatic N) is 2. The van der Waals surface area contributed by atoms with Crippen molar-refractivity contribution < 1.29 is 13.2 Å². The zero-order chi connectivity index (χ0) is 16.8. The number of hydrogen-bond donors (Lipinski definition) is 0. The second-order valence-electron chi connectivity index (χ2n) is 5.68. The largest absolute Gasteiger partial charge is 0.416 e. The predicted octanol–water partition coefficient (Wildman–Crippen LogP) is 5.91. The molecule has 0 amide bonds. The van der Waals surface area contributed by atoms with Gasteiger partial charge in [0.1, 0.15) is 0 Å². The number of fused-ring (bicyclic) bond motifs is 1. The molecule has 2 nitrogen and oxygen atoms in total. The third kappa shape index (κ3) is 3.00. The van der Waals surface area contributed by atoms with Crippen LogP contribution in [0.4, 0.5) is 13.2 Å². The molecule has 6 heteroatoms. The Morgan fingerprint density at radius 1 is 1.09 bits per heavy atom. The normalized spacial score (nSPS) is 12.3. The van der Waals surface area contributed by atoms with Crippen LogP contribution in [0.15, 0.2) is 47.1 Å². The van der Waals surface area contributed by atoms with Crippen LogP contribution < -0.4 is 0 Å². The maximum absolute atomic E-state index is 12.9. The lowest BCUT2D eigenvalue weighted by Gasteiger charge is -2.09. The van der Waals surface area contributed by atoms with Gasteiger partial charge in [0.25, 0.3) is 0 Å². The first-order chi connectivity index (χ1) is 10.8. The van der Waals surface area contributed by atoms with Crippen LogP contribution in [0.2, 0.25) is 0 Å². The average molecular weight is 383 g/mol. The van der Waals surface area contributed by atoms with Gasteiger partial charge in [0.2, 0.25) is 0 Å². The topological polar surface area (TPSA) is 17.3 Å². The fourth-order valence-electron chi connectivity index (χ4n) is 2.46. The molecule has 0 saturated heterocycles. The zero-order valence-corrected chi connectivity index (χ0v) is 14.1. The number of benzene rings is 1. The number of alkyl halides is 3. The highest BCUT2D eigenvalue weighted by atomic mass is 79.9. The maximum atomic E-state index is 12.9. The summed E-state index contributed by atoms with van der Waals surface area (Å²) >= 11 is 3.54. The van der Waals surface area contributed by atoms with Crippen molar-refractivity contribution >= 4 is 21.4 Å². The first-order valence-corrected chi connectivity index (χ1v) is 7.92. The Hall–Kier alpha value is -1.82. The highest BCUT2D eigenvalue weighted by Crippen LogP contribution is 2.34. The predicted molar refractivity (Wildman–Crippen MR) is 87.4 cm³/mol. The molecule has 0 N–H and O–H groups in total. The summed E-state index contributed by atoms with van der Waals surface area (Å²) < 4.78 is 41.2. The van der Waals surface area contributed by atoms with Crippen molar-refractivity contribution in [1.29, 1.82) is 0 Å². The highest BCUT2D eigenvalue weighted by Gasteiger charge is 2.30. The quantitative estimate of drug-likeness (QED) is 0.538. The van der Waals surface area contributed by atoms with Gasteiger partial charge in [-0.3, -0.25) is 0 Å². The third-order valence-electron chi connectivity index (χ3n) is 3.67. The number of pyridine rings is 1. The molecule has 0 atom stereocenters. The summed E-state index contributed by atoms with van der Waals surface area (Å²) in [6.07, 6.45) is -2.58. The van der Waals surface area contributed by atoms with Crippen LogP contribution >= 0.6 is 15.9 Å². The van der Waals surface area contributed by atoms with Crippen molar-refractivity contribution in [3.63, 3.8) is 0 Å². The van der Waals surface area contributed by atoms with Gasteiger partial charge in [-0.15, -0.1) is 0 Å². The van der Waals surface area contributed by atoms with E-state index in [-0.39, 0.29) is 5.92 Å². The van der Waals surface area contributed by atoms with E-state index >= 15 is 0 Å². The molecule has 3 rings (SSSR count). The van der Waals surface area contributed by atoms with Gasteiger partial charge in [-0.2, -0.15) is 18.3 Å². The molecule has 3 aromatic rings. The van der Waals surface area contributed by atoms with Crippen LogP contribution in [-0.2, 0) is 6.18 Å². The number of halogens is 4. The van der Waals surface area contributed by atoms with Crippen LogP contribution in [0.1, 0.15) is 31.0 Å². The van der Waals surface area contributed by atoms with Crippen LogP contribution in [0, 0.1) is 0 Å². The molecule has 0 aliphatic heterocycles. The van der Waals surface area contributed by atoms with Gasteiger partial charge in [0, 0.05) is 6.20 Å². The van der Waals surface area contributed by atoms with Gasteiger partial charge in [0.05, 0.1) is 21.2 Å². The fraction of sp³-hybridized carbons (Fsp3) is 0.235. The van der Waals surface area contributed by atoms with Gasteiger partial charge in [-0.25, -0.2) is 4.52 Å². The van der Waals surface area contributed by atoms with E-state index in [0.29, 0.717) is 5.56 Å². The second kappa shape index (κ2) is 5.67. The number of hydrogen-bond acceptors (Lipinski definition) is 1. The summed E-state index contributed by atoms with van der Waals surface area (Å²) in [5, 5.41) is 4.49. The molecule has 0 spiro atoms. The van der Waals surface area contributed by atoms with Crippen molar-refractivity contribution in [3.05, 3.63) is 58.3 Å². The van der Waals surface area contributed by atoms with Crippen molar-refractivity contribution in [2.45, 2.75) is 25.9 Å². The lowest BCUT2D eigenvalue weighted by Crippen LogP contribution is -2.04. The van der Waals surface area contributed by atoms with Gasteiger partial charge in [-0.1, -0.05) is 26.0 Å². The molecule has 2 heterocycles. The summed E-state index contributed by atoms with van der Waals surface area (Å²) in [4.78, 5) is 0. The van der Waals surface area contributed by atoms with Crippen molar-refractivity contribution in [2.24, 2.45) is 0 Å². The minimum absolute atomic E-state index is 0.251. The monoisotopic (exact) mass is 382 g/mol. The molecule has 0 bridgehead atoms. The molecular formula is C17H14BrF3N2. The molecule has 0 fully saturated rings. The Kier molecular flexibility index (Phi) is 3.96. The highest BCUT2D eigenvalue weighted by molar-refractivity contribution is 9.10. The van der Waals surface area contributed by atoms with E-state index in [1.165, 1.54) is 12.1 Å². The summed E-state index contributed by atoms with van der Waals surface area (Å²) in [5.41, 5.74) is 2.36. The fourth-order valence-corrected chi connectivity index (χ4v) is 3.29. The van der Waals surface area contributed by atoms with Crippen LogP contribution in [-0.4, -0.2) is 9.61 Å². The second-order valence-corrected chi connectivity index (χ2v) is 6.47. The van der Waals surface area contributed by atoms with E-state index in [9.17, 15) is 13.2 Å². The third-order valence-corrected chi connectivity index (χ3v) is 4.48. The van der Waals surface area contributed by atoms with Crippen LogP contribution in [0.5, 0.6) is 0 Å². The van der Waals surface area contributed by atoms with Crippen molar-refractivity contribution in [2.75, 3.05) is 0 Å². The molecule has 0 unspecified atom stereocenters. The molecule has 23 heavy (non-hydrogen) atoms. The van der Waals surface area contributed by atoms with E-state index in [4.69, 9.17) is 0 Å². The smallest absolute Gasteiger partial charge is 0.239 e. The summed E-state index contributed by atoms with van der Waals surface area (Å²) in [5.74, 6) is 0.251. The lowest BCUT2D eigenvalue weighted by molar-refractivity contribution is -0.137. The Balaban J connectivity index is 2.12. The molecular weight excluding hydrogens is 369 g/mol. The zero-order valence-electron chi connectivity index (χ0n) is 12.5. The Bertz CT molecular complexity index is 866. The minimum Gasteiger partial charge on any atom is -0.239 e. The summed E-state index contributed by atoms with van der Waals surface area (Å²) in [6.45, 7) is 4.08. The first kappa shape index (κ1) is 16.1. The summed E-state index contributed by atoms with van der Waals surface area (Å²) in [6, 6.07) is 8.96. The van der Waals surface area contributed by atoms with Crippen LogP contribution in [0.25, 0.3) is 16.6 Å². The minimum atomic E-state index is -4.35. The number of aromatic nitrogens is 2. The Morgan fingerprint density at radius 2 is 1.78 bits per heavy atom. The van der Waals surface area contributed by atoms with Gasteiger partial charge in [0.15, 0.2) is 0 Å². The number of rotatable bonds is 2. The Labute approximate surface area is 140 Å². The Morgan fingerprint density at radius 3 is 2.43 bits per heavy atom. The van der Waals surface area contributed by atoms with Gasteiger partial charge < -0.3 is 0 Å². The van der Waals surface area contributed by atoms with E-state index in [0.717, 1.165) is 27.3 Å². The van der Waals surface area contributed by atoms with Gasteiger partial charge in [-0.05, 0) is 57.2 Å². The van der Waals surface area contributed by atoms with E-state index in [1.807, 2.05) is 19.9 Å². The first-order valence-electron chi connectivity index (χ1n) is 7.13. The average Bonchev–Trinajstić information content (AvgIpc) is 2.83. The molecule has 2 aromatic heterocycles. The molecule has 1 aromatic carbocycles. The lowest BCUT2D eigenvalue weighted by atomic mass is 10.0. The molecule has 0 aliphatic carbocycles. The molecule has 120 valence electrons. The molecule has 0 aliphatic rings. The van der Waals surface area contributed by atoms with Gasteiger partial charge >= 0.3 is 6.18 Å². The molecule has 0 radical (unpaired) electrons. The molecule has 0 saturated carbocycles. The van der Waals surface area contributed by atoms with E-state index in [1.54, 1.807) is 22.8 Å². The van der Waals surface area contributed by atoms with E-state index < -0.39 is 11.7 Å². The summed E-state index contributed by atoms with van der Waals surface area (Å²) in [7, 11) is 0. The van der Waals surface area contributed by atoms with Crippen LogP contribution in [0.3, 0.4) is 0 Å². The maximum Gasteiger partial charge on any atom is 0.416 e. The standard InChI is InChI=1S/C17H14BrF3N2/c1-10(2)16-15(18)14-9-12(6-7-23(14)22-16)11-4-3-5-13(8-11)17(19,20)21/h3-10H,1-2H3. The SMILES string of the molecule is CC(C)c1nn2ccc(-c3cccc(C(F)(F)F)c3)cc2c1Br. The van der Waals surface area contributed by atoms with Crippen molar-refractivity contribution in [1.82, 2.24) is 9.61 Å².